The number of nitrogens with one attached hydrogen (secondary N) is 1. The third-order valence-electron chi connectivity index (χ3n) is 4.35. The van der Waals surface area contributed by atoms with Gasteiger partial charge in [0.1, 0.15) is 6.61 Å². The molecular weight excluding hydrogens is 340 g/mol. The molecule has 1 atom stereocenters. The fourth-order valence-electron chi connectivity index (χ4n) is 2.86. The lowest BCUT2D eigenvalue weighted by atomic mass is 10.0. The van der Waals surface area contributed by atoms with E-state index in [0.29, 0.717) is 12.1 Å². The van der Waals surface area contributed by atoms with Crippen LogP contribution in [0.4, 0.5) is 0 Å². The van der Waals surface area contributed by atoms with Gasteiger partial charge in [-0.25, -0.2) is 4.79 Å². The Balaban J connectivity index is 2.56. The summed E-state index contributed by atoms with van der Waals surface area (Å²) in [4.78, 5) is 26.8. The minimum Gasteiger partial charge on any atom is -0.461 e. The van der Waals surface area contributed by atoms with Gasteiger partial charge in [-0.1, -0.05) is 50.8 Å². The molecule has 0 saturated carbocycles. The number of esters is 1. The van der Waals surface area contributed by atoms with Crippen LogP contribution in [0, 0.1) is 0 Å². The minimum atomic E-state index is -0.331. The summed E-state index contributed by atoms with van der Waals surface area (Å²) in [6.07, 6.45) is 5.32. The molecule has 0 heterocycles. The van der Waals surface area contributed by atoms with Gasteiger partial charge in [0.25, 0.3) is 0 Å². The number of benzene rings is 1. The molecule has 0 aliphatic heterocycles. The predicted molar refractivity (Wildman–Crippen MR) is 110 cm³/mol. The van der Waals surface area contributed by atoms with Crippen LogP contribution in [0.15, 0.2) is 30.3 Å². The number of hydrogen-bond acceptors (Lipinski definition) is 4. The highest BCUT2D eigenvalue weighted by atomic mass is 16.5. The van der Waals surface area contributed by atoms with E-state index in [4.69, 9.17) is 4.74 Å². The number of carbonyl (C=O) groups excluding carboxylic acids is 2. The number of amides is 1. The fraction of sp³-hybridized carbons (Fsp3) is 0.636. The molecule has 1 rings (SSSR count). The van der Waals surface area contributed by atoms with Gasteiger partial charge < -0.3 is 10.1 Å². The van der Waals surface area contributed by atoms with Crippen molar-refractivity contribution < 1.29 is 14.3 Å². The van der Waals surface area contributed by atoms with Crippen LogP contribution in [0.1, 0.15) is 70.2 Å². The molecule has 0 aromatic heterocycles. The fourth-order valence-corrected chi connectivity index (χ4v) is 2.86. The normalized spacial score (nSPS) is 12.7. The van der Waals surface area contributed by atoms with Gasteiger partial charge >= 0.3 is 5.97 Å². The molecule has 1 aromatic rings. The van der Waals surface area contributed by atoms with Crippen LogP contribution >= 0.6 is 0 Å². The Morgan fingerprint density at radius 2 is 1.78 bits per heavy atom. The van der Waals surface area contributed by atoms with E-state index in [0.717, 1.165) is 19.3 Å². The van der Waals surface area contributed by atoms with Crippen molar-refractivity contribution in [1.82, 2.24) is 10.2 Å². The average molecular weight is 377 g/mol. The first-order chi connectivity index (χ1) is 12.7. The van der Waals surface area contributed by atoms with Gasteiger partial charge in [0.2, 0.25) is 5.91 Å². The van der Waals surface area contributed by atoms with Gasteiger partial charge in [-0.3, -0.25) is 9.69 Å². The summed E-state index contributed by atoms with van der Waals surface area (Å²) >= 11 is 0. The van der Waals surface area contributed by atoms with Crippen LogP contribution < -0.4 is 5.32 Å². The minimum absolute atomic E-state index is 0.0379. The van der Waals surface area contributed by atoms with Gasteiger partial charge in [-0.05, 0) is 46.4 Å². The number of likely N-dealkylation sites (N-methyl/N-ethyl adjacent to an activating group) is 1. The zero-order valence-corrected chi connectivity index (χ0v) is 17.6. The molecule has 0 bridgehead atoms. The van der Waals surface area contributed by atoms with E-state index in [1.165, 1.54) is 12.8 Å². The van der Waals surface area contributed by atoms with Gasteiger partial charge in [0, 0.05) is 12.1 Å². The number of rotatable bonds is 11. The van der Waals surface area contributed by atoms with Crippen molar-refractivity contribution in [2.45, 2.75) is 71.4 Å². The lowest BCUT2D eigenvalue weighted by Crippen LogP contribution is -2.51. The molecule has 0 spiro atoms. The zero-order valence-electron chi connectivity index (χ0n) is 17.6. The maximum Gasteiger partial charge on any atom is 0.338 e. The Hall–Kier alpha value is -1.88. The highest BCUT2D eigenvalue weighted by molar-refractivity contribution is 5.89. The molecule has 0 saturated heterocycles. The molecule has 152 valence electrons. The maximum atomic E-state index is 12.7. The van der Waals surface area contributed by atoms with Crippen LogP contribution in [0.5, 0.6) is 0 Å². The van der Waals surface area contributed by atoms with Crippen molar-refractivity contribution in [3.63, 3.8) is 0 Å². The van der Waals surface area contributed by atoms with E-state index < -0.39 is 0 Å². The molecule has 1 unspecified atom stereocenters. The number of hydrogen-bond donors (Lipinski definition) is 1. The number of nitrogens with zero attached hydrogens (tertiary/aromatic N) is 1. The molecular formula is C22H36N2O3. The van der Waals surface area contributed by atoms with E-state index in [1.807, 2.05) is 50.9 Å². The van der Waals surface area contributed by atoms with E-state index >= 15 is 0 Å². The summed E-state index contributed by atoms with van der Waals surface area (Å²) in [6, 6.07) is 8.74. The van der Waals surface area contributed by atoms with Gasteiger partial charge in [0.05, 0.1) is 11.6 Å². The molecule has 0 fully saturated rings. The van der Waals surface area contributed by atoms with E-state index in [1.54, 1.807) is 12.1 Å². The lowest BCUT2D eigenvalue weighted by molar-refractivity contribution is -0.127. The van der Waals surface area contributed by atoms with Crippen molar-refractivity contribution in [3.05, 3.63) is 35.9 Å². The van der Waals surface area contributed by atoms with Crippen LogP contribution in [0.3, 0.4) is 0 Å². The summed E-state index contributed by atoms with van der Waals surface area (Å²) in [7, 11) is 1.92. The first kappa shape index (κ1) is 23.2. The summed E-state index contributed by atoms with van der Waals surface area (Å²) < 4.78 is 5.36. The summed E-state index contributed by atoms with van der Waals surface area (Å²) in [5.74, 6) is -0.293. The van der Waals surface area contributed by atoms with Crippen LogP contribution in [0.25, 0.3) is 0 Å². The number of ether oxygens (including phenoxy) is 1. The lowest BCUT2D eigenvalue weighted by Gasteiger charge is -2.30. The Bertz CT molecular complexity index is 567. The first-order valence-corrected chi connectivity index (χ1v) is 9.99. The predicted octanol–water partition coefficient (Wildman–Crippen LogP) is 4.03. The second-order valence-electron chi connectivity index (χ2n) is 8.09. The van der Waals surface area contributed by atoms with E-state index in [9.17, 15) is 9.59 Å². The molecule has 5 heteroatoms. The monoisotopic (exact) mass is 376 g/mol. The third-order valence-corrected chi connectivity index (χ3v) is 4.35. The molecule has 1 aromatic carbocycles. The highest BCUT2D eigenvalue weighted by Crippen LogP contribution is 2.12. The van der Waals surface area contributed by atoms with Gasteiger partial charge in [-0.2, -0.15) is 0 Å². The van der Waals surface area contributed by atoms with E-state index in [2.05, 4.69) is 12.2 Å². The Morgan fingerprint density at radius 3 is 2.37 bits per heavy atom. The maximum absolute atomic E-state index is 12.7. The smallest absolute Gasteiger partial charge is 0.338 e. The molecule has 1 N–H and O–H groups in total. The number of carbonyl (C=O) groups is 2. The second kappa shape index (κ2) is 11.8. The molecule has 0 radical (unpaired) electrons. The van der Waals surface area contributed by atoms with Gasteiger partial charge in [0.15, 0.2) is 0 Å². The van der Waals surface area contributed by atoms with Crippen LogP contribution in [-0.2, 0) is 9.53 Å². The molecule has 27 heavy (non-hydrogen) atoms. The van der Waals surface area contributed by atoms with Crippen molar-refractivity contribution in [2.24, 2.45) is 0 Å². The SMILES string of the molecule is CCCCCCC(C(=O)NC(C)(C)C)N(C)CCOC(=O)c1ccccc1. The highest BCUT2D eigenvalue weighted by Gasteiger charge is 2.26. The Labute approximate surface area is 164 Å². The van der Waals surface area contributed by atoms with Crippen LogP contribution in [0.2, 0.25) is 0 Å². The van der Waals surface area contributed by atoms with Crippen molar-refractivity contribution >= 4 is 11.9 Å². The standard InChI is InChI=1S/C22H36N2O3/c1-6-7-8-12-15-19(20(25)23-22(2,3)4)24(5)16-17-27-21(26)18-13-10-9-11-14-18/h9-11,13-14,19H,6-8,12,15-17H2,1-5H3,(H,23,25). The first-order valence-electron chi connectivity index (χ1n) is 9.99. The zero-order chi connectivity index (χ0) is 20.3. The Morgan fingerprint density at radius 1 is 1.11 bits per heavy atom. The summed E-state index contributed by atoms with van der Waals surface area (Å²) in [5.41, 5.74) is 0.279. The quantitative estimate of drug-likeness (QED) is 0.468. The summed E-state index contributed by atoms with van der Waals surface area (Å²) in [6.45, 7) is 8.92. The molecule has 5 nitrogen and oxygen atoms in total. The van der Waals surface area contributed by atoms with Crippen molar-refractivity contribution in [3.8, 4) is 0 Å². The van der Waals surface area contributed by atoms with Crippen LogP contribution in [-0.4, -0.2) is 48.6 Å². The number of unbranched alkanes of at least 4 members (excludes halogenated alkanes) is 3. The molecule has 1 amide bonds. The molecule has 0 aliphatic rings. The van der Waals surface area contributed by atoms with Gasteiger partial charge in [-0.15, -0.1) is 0 Å². The molecule has 0 aliphatic carbocycles. The van der Waals surface area contributed by atoms with Crippen molar-refractivity contribution in [1.29, 1.82) is 0 Å². The topological polar surface area (TPSA) is 58.6 Å². The third kappa shape index (κ3) is 9.57. The Kier molecular flexibility index (Phi) is 10.1. The summed E-state index contributed by atoms with van der Waals surface area (Å²) in [5, 5.41) is 3.08. The largest absolute Gasteiger partial charge is 0.461 e. The van der Waals surface area contributed by atoms with Crippen molar-refractivity contribution in [2.75, 3.05) is 20.2 Å². The average Bonchev–Trinajstić information content (AvgIpc) is 2.60. The van der Waals surface area contributed by atoms with E-state index in [-0.39, 0.29) is 30.1 Å². The second-order valence-corrected chi connectivity index (χ2v) is 8.09.